The molecule has 0 bridgehead atoms. The molecular weight excluding hydrogens is 312 g/mol. The maximum Gasteiger partial charge on any atom is 0.321 e. The first-order valence-electron chi connectivity index (χ1n) is 6.92. The number of fused-ring (bicyclic) bond motifs is 1. The van der Waals surface area contributed by atoms with E-state index >= 15 is 0 Å². The van der Waals surface area contributed by atoms with Crippen LogP contribution in [0.5, 0.6) is 11.5 Å². The summed E-state index contributed by atoms with van der Waals surface area (Å²) in [7, 11) is 0. The number of ether oxygens (including phenoxy) is 2. The molecule has 1 unspecified atom stereocenters. The van der Waals surface area contributed by atoms with Gasteiger partial charge in [-0.1, -0.05) is 11.6 Å². The molecule has 2 heterocycles. The van der Waals surface area contributed by atoms with Gasteiger partial charge in [-0.05, 0) is 6.42 Å². The molecule has 22 heavy (non-hydrogen) atoms. The quantitative estimate of drug-likeness (QED) is 0.868. The highest BCUT2D eigenvalue weighted by Crippen LogP contribution is 2.38. The lowest BCUT2D eigenvalue weighted by molar-refractivity contribution is -0.141. The molecule has 0 aliphatic carbocycles. The van der Waals surface area contributed by atoms with Crippen LogP contribution in [0.3, 0.4) is 0 Å². The highest BCUT2D eigenvalue weighted by Gasteiger charge is 2.31. The Hall–Kier alpha value is -2.15. The molecular formula is C14H15ClN2O5. The van der Waals surface area contributed by atoms with Gasteiger partial charge in [0.2, 0.25) is 0 Å². The Kier molecular flexibility index (Phi) is 3.98. The van der Waals surface area contributed by atoms with Crippen LogP contribution in [0.25, 0.3) is 0 Å². The van der Waals surface area contributed by atoms with Crippen LogP contribution in [0, 0.1) is 5.92 Å². The summed E-state index contributed by atoms with van der Waals surface area (Å²) in [6, 6.07) is 2.83. The van der Waals surface area contributed by atoms with Gasteiger partial charge in [0.15, 0.2) is 11.5 Å². The largest absolute Gasteiger partial charge is 0.486 e. The van der Waals surface area contributed by atoms with Crippen molar-refractivity contribution in [3.8, 4) is 11.5 Å². The van der Waals surface area contributed by atoms with Crippen molar-refractivity contribution < 1.29 is 24.2 Å². The van der Waals surface area contributed by atoms with E-state index in [1.165, 1.54) is 4.90 Å². The molecule has 0 aromatic heterocycles. The molecule has 0 spiro atoms. The average molecular weight is 327 g/mol. The molecule has 0 saturated carbocycles. The number of urea groups is 1. The third-order valence-electron chi connectivity index (χ3n) is 3.70. The topological polar surface area (TPSA) is 88.1 Å². The molecule has 2 aliphatic rings. The fourth-order valence-electron chi connectivity index (χ4n) is 2.50. The van der Waals surface area contributed by atoms with Gasteiger partial charge < -0.3 is 24.8 Å². The van der Waals surface area contributed by atoms with Crippen LogP contribution < -0.4 is 14.8 Å². The van der Waals surface area contributed by atoms with E-state index in [4.69, 9.17) is 26.2 Å². The Morgan fingerprint density at radius 3 is 2.59 bits per heavy atom. The molecule has 1 atom stereocenters. The van der Waals surface area contributed by atoms with Gasteiger partial charge in [0.25, 0.3) is 0 Å². The van der Waals surface area contributed by atoms with Crippen molar-refractivity contribution in [2.24, 2.45) is 5.92 Å². The Morgan fingerprint density at radius 2 is 1.95 bits per heavy atom. The summed E-state index contributed by atoms with van der Waals surface area (Å²) in [5.41, 5.74) is 0.412. The predicted molar refractivity (Wildman–Crippen MR) is 78.8 cm³/mol. The number of likely N-dealkylation sites (tertiary alicyclic amines) is 1. The second-order valence-corrected chi connectivity index (χ2v) is 5.58. The molecule has 2 aliphatic heterocycles. The van der Waals surface area contributed by atoms with E-state index in [0.29, 0.717) is 48.4 Å². The van der Waals surface area contributed by atoms with Crippen molar-refractivity contribution in [2.75, 3.05) is 31.6 Å². The van der Waals surface area contributed by atoms with Crippen LogP contribution in [0.15, 0.2) is 12.1 Å². The number of carboxylic acid groups (broad SMARTS) is 1. The van der Waals surface area contributed by atoms with Crippen LogP contribution >= 0.6 is 11.6 Å². The predicted octanol–water partition coefficient (Wildman–Crippen LogP) is 2.05. The normalized spacial score (nSPS) is 19.9. The second-order valence-electron chi connectivity index (χ2n) is 5.18. The van der Waals surface area contributed by atoms with Gasteiger partial charge in [0, 0.05) is 25.2 Å². The average Bonchev–Trinajstić information content (AvgIpc) is 2.98. The number of carbonyl (C=O) groups excluding carboxylic acids is 1. The number of aliphatic carboxylic acids is 1. The number of nitrogens with zero attached hydrogens (tertiary/aromatic N) is 1. The van der Waals surface area contributed by atoms with Gasteiger partial charge in [0.1, 0.15) is 13.2 Å². The molecule has 118 valence electrons. The smallest absolute Gasteiger partial charge is 0.321 e. The molecule has 3 rings (SSSR count). The third kappa shape index (κ3) is 2.89. The highest BCUT2D eigenvalue weighted by molar-refractivity contribution is 6.34. The summed E-state index contributed by atoms with van der Waals surface area (Å²) in [5, 5.41) is 12.0. The van der Waals surface area contributed by atoms with Crippen molar-refractivity contribution in [2.45, 2.75) is 6.42 Å². The number of nitrogens with one attached hydrogen (secondary N) is 1. The first-order chi connectivity index (χ1) is 10.5. The lowest BCUT2D eigenvalue weighted by Gasteiger charge is -2.21. The fraction of sp³-hybridized carbons (Fsp3) is 0.429. The maximum absolute atomic E-state index is 12.2. The second kappa shape index (κ2) is 5.92. The zero-order valence-electron chi connectivity index (χ0n) is 11.7. The van der Waals surface area contributed by atoms with Crippen LogP contribution in [0.1, 0.15) is 6.42 Å². The zero-order chi connectivity index (χ0) is 15.7. The molecule has 1 aromatic carbocycles. The Labute approximate surface area is 131 Å². The number of hydrogen-bond acceptors (Lipinski definition) is 4. The van der Waals surface area contributed by atoms with E-state index in [0.717, 1.165) is 0 Å². The van der Waals surface area contributed by atoms with Crippen molar-refractivity contribution in [3.63, 3.8) is 0 Å². The third-order valence-corrected chi connectivity index (χ3v) is 4.01. The lowest BCUT2D eigenvalue weighted by Crippen LogP contribution is -2.33. The monoisotopic (exact) mass is 326 g/mol. The van der Waals surface area contributed by atoms with Crippen molar-refractivity contribution >= 4 is 29.3 Å². The Bertz CT molecular complexity index is 621. The molecule has 2 amide bonds. The minimum atomic E-state index is -0.882. The minimum absolute atomic E-state index is 0.198. The Balaban J connectivity index is 1.70. The highest BCUT2D eigenvalue weighted by atomic mass is 35.5. The van der Waals surface area contributed by atoms with Crippen LogP contribution in [-0.2, 0) is 4.79 Å². The van der Waals surface area contributed by atoms with Crippen molar-refractivity contribution in [1.82, 2.24) is 4.90 Å². The molecule has 1 aromatic rings. The van der Waals surface area contributed by atoms with Crippen molar-refractivity contribution in [3.05, 3.63) is 17.2 Å². The summed E-state index contributed by atoms with van der Waals surface area (Å²) >= 11 is 6.13. The molecule has 2 N–H and O–H groups in total. The van der Waals surface area contributed by atoms with E-state index < -0.39 is 11.9 Å². The number of hydrogen-bond donors (Lipinski definition) is 2. The first-order valence-corrected chi connectivity index (χ1v) is 7.30. The molecule has 0 radical (unpaired) electrons. The van der Waals surface area contributed by atoms with E-state index in [-0.39, 0.29) is 12.6 Å². The summed E-state index contributed by atoms with van der Waals surface area (Å²) in [5.74, 6) is -0.328. The number of anilines is 1. The molecule has 1 fully saturated rings. The molecule has 1 saturated heterocycles. The standard InChI is InChI=1S/C14H15ClN2O5/c15-9-5-11-12(22-4-3-21-11)6-10(9)16-14(20)17-2-1-8(7-17)13(18)19/h5-6,8H,1-4,7H2,(H,16,20)(H,18,19). The summed E-state index contributed by atoms with van der Waals surface area (Å²) in [6.07, 6.45) is 0.456. The lowest BCUT2D eigenvalue weighted by atomic mass is 10.1. The van der Waals surface area contributed by atoms with E-state index in [9.17, 15) is 9.59 Å². The van der Waals surface area contributed by atoms with Gasteiger partial charge >= 0.3 is 12.0 Å². The maximum atomic E-state index is 12.2. The number of benzene rings is 1. The number of amides is 2. The molecule has 7 nitrogen and oxygen atoms in total. The SMILES string of the molecule is O=C(O)C1CCN(C(=O)Nc2cc3c(cc2Cl)OCCO3)C1. The fourth-order valence-corrected chi connectivity index (χ4v) is 2.70. The summed E-state index contributed by atoms with van der Waals surface area (Å²) in [4.78, 5) is 24.6. The van der Waals surface area contributed by atoms with Crippen LogP contribution in [0.2, 0.25) is 5.02 Å². The Morgan fingerprint density at radius 1 is 1.27 bits per heavy atom. The van der Waals surface area contributed by atoms with Gasteiger partial charge in [-0.15, -0.1) is 0 Å². The number of carboxylic acids is 1. The van der Waals surface area contributed by atoms with Crippen LogP contribution in [0.4, 0.5) is 10.5 Å². The summed E-state index contributed by atoms with van der Waals surface area (Å²) in [6.45, 7) is 1.50. The van der Waals surface area contributed by atoms with Gasteiger partial charge in [-0.3, -0.25) is 4.79 Å². The van der Waals surface area contributed by atoms with Gasteiger partial charge in [0.05, 0.1) is 16.6 Å². The van der Waals surface area contributed by atoms with E-state index in [1.807, 2.05) is 0 Å². The van der Waals surface area contributed by atoms with Gasteiger partial charge in [-0.2, -0.15) is 0 Å². The molecule has 8 heteroatoms. The first kappa shape index (κ1) is 14.8. The number of halogens is 1. The van der Waals surface area contributed by atoms with Crippen molar-refractivity contribution in [1.29, 1.82) is 0 Å². The zero-order valence-corrected chi connectivity index (χ0v) is 12.4. The number of carbonyl (C=O) groups is 2. The summed E-state index contributed by atoms with van der Waals surface area (Å²) < 4.78 is 10.9. The van der Waals surface area contributed by atoms with E-state index in [2.05, 4.69) is 5.32 Å². The minimum Gasteiger partial charge on any atom is -0.486 e. The number of rotatable bonds is 2. The van der Waals surface area contributed by atoms with E-state index in [1.54, 1.807) is 12.1 Å². The van der Waals surface area contributed by atoms with Crippen LogP contribution in [-0.4, -0.2) is 48.3 Å². The van der Waals surface area contributed by atoms with Gasteiger partial charge in [-0.25, -0.2) is 4.79 Å².